The van der Waals surface area contributed by atoms with Crippen LogP contribution in [-0.4, -0.2) is 12.6 Å². The van der Waals surface area contributed by atoms with Crippen molar-refractivity contribution in [2.24, 2.45) is 5.73 Å². The lowest BCUT2D eigenvalue weighted by atomic mass is 10.0. The van der Waals surface area contributed by atoms with Crippen molar-refractivity contribution >= 4 is 27.5 Å². The number of ether oxygens (including phenoxy) is 1. The maximum atomic E-state index is 5.84. The molecule has 17 heavy (non-hydrogen) atoms. The zero-order valence-corrected chi connectivity index (χ0v) is 12.4. The zero-order valence-electron chi connectivity index (χ0n) is 10.0. The molecule has 1 aromatic rings. The third kappa shape index (κ3) is 4.70. The molecule has 2 nitrogen and oxygen atoms in total. The van der Waals surface area contributed by atoms with E-state index >= 15 is 0 Å². The number of halogens is 2. The Balaban J connectivity index is 2.98. The first kappa shape index (κ1) is 14.6. The molecule has 1 atom stereocenters. The van der Waals surface area contributed by atoms with Gasteiger partial charge in [0.05, 0.1) is 0 Å². The van der Waals surface area contributed by atoms with Crippen molar-refractivity contribution in [1.82, 2.24) is 0 Å². The number of rotatable bonds is 5. The number of hydrogen-bond acceptors (Lipinski definition) is 2. The first-order chi connectivity index (χ1) is 8.04. The van der Waals surface area contributed by atoms with Gasteiger partial charge in [0, 0.05) is 16.0 Å². The van der Waals surface area contributed by atoms with E-state index in [0.717, 1.165) is 27.8 Å². The third-order valence-corrected chi connectivity index (χ3v) is 2.91. The Morgan fingerprint density at radius 2 is 2.24 bits per heavy atom. The van der Waals surface area contributed by atoms with Gasteiger partial charge in [-0.3, -0.25) is 0 Å². The van der Waals surface area contributed by atoms with Crippen LogP contribution in [0, 0.1) is 6.92 Å². The Morgan fingerprint density at radius 1 is 1.53 bits per heavy atom. The largest absolute Gasteiger partial charge is 0.489 e. The molecule has 0 aliphatic carbocycles. The van der Waals surface area contributed by atoms with E-state index in [1.165, 1.54) is 5.54 Å². The van der Waals surface area contributed by atoms with E-state index in [4.69, 9.17) is 22.1 Å². The minimum atomic E-state index is 0.106. The Bertz CT molecular complexity index is 405. The molecule has 2 N–H and O–H groups in total. The van der Waals surface area contributed by atoms with Crippen molar-refractivity contribution in [1.29, 1.82) is 0 Å². The van der Waals surface area contributed by atoms with Crippen LogP contribution in [0.2, 0.25) is 0 Å². The lowest BCUT2D eigenvalue weighted by Gasteiger charge is -2.15. The molecule has 0 aromatic heterocycles. The fourth-order valence-electron chi connectivity index (χ4n) is 1.67. The van der Waals surface area contributed by atoms with Gasteiger partial charge in [-0.25, -0.2) is 0 Å². The topological polar surface area (TPSA) is 35.2 Å². The summed E-state index contributed by atoms with van der Waals surface area (Å²) >= 11 is 8.96. The molecule has 0 bridgehead atoms. The lowest BCUT2D eigenvalue weighted by Crippen LogP contribution is -2.18. The highest BCUT2D eigenvalue weighted by atomic mass is 79.9. The van der Waals surface area contributed by atoms with Crippen molar-refractivity contribution in [3.05, 3.63) is 39.3 Å². The van der Waals surface area contributed by atoms with Crippen molar-refractivity contribution in [3.8, 4) is 5.75 Å². The van der Waals surface area contributed by atoms with Crippen molar-refractivity contribution in [2.45, 2.75) is 26.3 Å². The molecule has 0 saturated carbocycles. The molecule has 1 aromatic carbocycles. The van der Waals surface area contributed by atoms with Crippen LogP contribution in [0.3, 0.4) is 0 Å². The normalized spacial score (nSPS) is 13.0. The summed E-state index contributed by atoms with van der Waals surface area (Å²) in [6.07, 6.45) is 2.55. The van der Waals surface area contributed by atoms with E-state index in [9.17, 15) is 0 Å². The molecule has 94 valence electrons. The number of nitrogens with two attached hydrogens (primary N) is 1. The van der Waals surface area contributed by atoms with Crippen LogP contribution in [0.1, 0.15) is 18.1 Å². The second kappa shape index (κ2) is 7.04. The van der Waals surface area contributed by atoms with E-state index in [1.54, 1.807) is 6.08 Å². The molecular weight excluding hydrogens is 302 g/mol. The highest BCUT2D eigenvalue weighted by Gasteiger charge is 2.10. The first-order valence-electron chi connectivity index (χ1n) is 5.47. The van der Waals surface area contributed by atoms with Crippen LogP contribution in [-0.2, 0) is 6.42 Å². The van der Waals surface area contributed by atoms with E-state index in [-0.39, 0.29) is 6.04 Å². The summed E-state index contributed by atoms with van der Waals surface area (Å²) in [4.78, 5) is 0. The van der Waals surface area contributed by atoms with E-state index in [1.807, 2.05) is 19.9 Å². The zero-order chi connectivity index (χ0) is 12.8. The smallest absolute Gasteiger partial charge is 0.126 e. The van der Waals surface area contributed by atoms with Crippen LogP contribution in [0.5, 0.6) is 5.75 Å². The summed E-state index contributed by atoms with van der Waals surface area (Å²) in [5.41, 5.74) is 9.52. The average Bonchev–Trinajstić information content (AvgIpc) is 2.21. The van der Waals surface area contributed by atoms with Gasteiger partial charge in [-0.05, 0) is 49.6 Å². The molecule has 0 fully saturated rings. The van der Waals surface area contributed by atoms with Crippen molar-refractivity contribution < 1.29 is 4.74 Å². The van der Waals surface area contributed by atoms with E-state index in [2.05, 4.69) is 22.0 Å². The molecule has 0 spiro atoms. The summed E-state index contributed by atoms with van der Waals surface area (Å²) in [5, 5.41) is 0. The predicted octanol–water partition coefficient (Wildman–Crippen LogP) is 3.78. The second-order valence-corrected chi connectivity index (χ2v) is 5.23. The molecule has 0 saturated heterocycles. The van der Waals surface area contributed by atoms with E-state index < -0.39 is 0 Å². The van der Waals surface area contributed by atoms with Gasteiger partial charge in [0.2, 0.25) is 0 Å². The Labute approximate surface area is 116 Å². The van der Waals surface area contributed by atoms with Gasteiger partial charge in [-0.1, -0.05) is 27.5 Å². The summed E-state index contributed by atoms with van der Waals surface area (Å²) < 4.78 is 6.76. The quantitative estimate of drug-likeness (QED) is 0.896. The molecule has 0 heterocycles. The van der Waals surface area contributed by atoms with E-state index in [0.29, 0.717) is 6.61 Å². The molecule has 0 radical (unpaired) electrons. The highest BCUT2D eigenvalue weighted by Crippen LogP contribution is 2.29. The van der Waals surface area contributed by atoms with Gasteiger partial charge >= 0.3 is 0 Å². The Kier molecular flexibility index (Phi) is 6.03. The molecule has 0 aliphatic heterocycles. The number of benzene rings is 1. The minimum absolute atomic E-state index is 0.106. The fraction of sp³-hybridized carbons (Fsp3) is 0.385. The van der Waals surface area contributed by atoms with Crippen LogP contribution in [0.15, 0.2) is 28.2 Å². The van der Waals surface area contributed by atoms with Gasteiger partial charge in [0.1, 0.15) is 12.4 Å². The van der Waals surface area contributed by atoms with Crippen LogP contribution in [0.25, 0.3) is 0 Å². The van der Waals surface area contributed by atoms with Gasteiger partial charge in [-0.15, -0.1) is 0 Å². The van der Waals surface area contributed by atoms with Crippen LogP contribution in [0.4, 0.5) is 0 Å². The molecule has 0 amide bonds. The van der Waals surface area contributed by atoms with Crippen LogP contribution < -0.4 is 10.5 Å². The standard InChI is InChI=1S/C13H17BrClNO/c1-9-6-12(14)8-11(7-10(2)16)13(9)17-5-3-4-15/h3-4,6,8,10H,5,7,16H2,1-2H3/b4-3+. The van der Waals surface area contributed by atoms with Crippen LogP contribution >= 0.6 is 27.5 Å². The second-order valence-electron chi connectivity index (χ2n) is 4.07. The summed E-state index contributed by atoms with van der Waals surface area (Å²) in [7, 11) is 0. The van der Waals surface area contributed by atoms with Gasteiger partial charge < -0.3 is 10.5 Å². The molecule has 1 unspecified atom stereocenters. The monoisotopic (exact) mass is 317 g/mol. The maximum Gasteiger partial charge on any atom is 0.126 e. The van der Waals surface area contributed by atoms with Crippen molar-refractivity contribution in [3.63, 3.8) is 0 Å². The SMILES string of the molecule is Cc1cc(Br)cc(CC(C)N)c1OC/C=C/Cl. The predicted molar refractivity (Wildman–Crippen MR) is 76.7 cm³/mol. The maximum absolute atomic E-state index is 5.84. The number of hydrogen-bond donors (Lipinski definition) is 1. The lowest BCUT2D eigenvalue weighted by molar-refractivity contribution is 0.355. The Hall–Kier alpha value is -0.510. The summed E-state index contributed by atoms with van der Waals surface area (Å²) in [6, 6.07) is 4.19. The highest BCUT2D eigenvalue weighted by molar-refractivity contribution is 9.10. The molecule has 0 aliphatic rings. The summed E-state index contributed by atoms with van der Waals surface area (Å²) in [6.45, 7) is 4.48. The Morgan fingerprint density at radius 3 is 2.82 bits per heavy atom. The van der Waals surface area contributed by atoms with Crippen molar-refractivity contribution in [2.75, 3.05) is 6.61 Å². The van der Waals surface area contributed by atoms with Gasteiger partial charge in [0.25, 0.3) is 0 Å². The van der Waals surface area contributed by atoms with Gasteiger partial charge in [0.15, 0.2) is 0 Å². The molecule has 4 heteroatoms. The number of aryl methyl sites for hydroxylation is 1. The average molecular weight is 319 g/mol. The summed E-state index contributed by atoms with van der Waals surface area (Å²) in [5.74, 6) is 0.903. The van der Waals surface area contributed by atoms with Gasteiger partial charge in [-0.2, -0.15) is 0 Å². The fourth-order valence-corrected chi connectivity index (χ4v) is 2.36. The molecular formula is C13H17BrClNO. The third-order valence-electron chi connectivity index (χ3n) is 2.27. The molecule has 1 rings (SSSR count). The minimum Gasteiger partial charge on any atom is -0.489 e. The first-order valence-corrected chi connectivity index (χ1v) is 6.70.